The highest BCUT2D eigenvalue weighted by Crippen LogP contribution is 2.18. The molecule has 2 N–H and O–H groups in total. The second-order valence-corrected chi connectivity index (χ2v) is 8.08. The van der Waals surface area contributed by atoms with Gasteiger partial charge in [0.05, 0.1) is 0 Å². The van der Waals surface area contributed by atoms with E-state index in [0.717, 1.165) is 19.4 Å². The normalized spacial score (nSPS) is 19.0. The van der Waals surface area contributed by atoms with Crippen molar-refractivity contribution < 1.29 is 9.59 Å². The van der Waals surface area contributed by atoms with Crippen LogP contribution in [-0.4, -0.2) is 41.9 Å². The minimum Gasteiger partial charge on any atom is -0.333 e. The Labute approximate surface area is 176 Å². The monoisotopic (exact) mass is 421 g/mol. The number of rotatable bonds is 6. The number of benzene rings is 1. The largest absolute Gasteiger partial charge is 0.333 e. The van der Waals surface area contributed by atoms with Crippen LogP contribution in [0.3, 0.4) is 0 Å². The molecule has 2 heterocycles. The van der Waals surface area contributed by atoms with E-state index in [1.807, 2.05) is 29.2 Å². The summed E-state index contributed by atoms with van der Waals surface area (Å²) in [5, 5.41) is 8.36. The van der Waals surface area contributed by atoms with E-state index in [4.69, 9.17) is 0 Å². The second-order valence-electron chi connectivity index (χ2n) is 7.04. The Morgan fingerprint density at radius 3 is 2.82 bits per heavy atom. The van der Waals surface area contributed by atoms with Crippen LogP contribution in [0, 0.1) is 0 Å². The summed E-state index contributed by atoms with van der Waals surface area (Å²) in [6.07, 6.45) is 2.21. The van der Waals surface area contributed by atoms with Gasteiger partial charge in [0.25, 0.3) is 5.91 Å². The van der Waals surface area contributed by atoms with Crippen LogP contribution in [0.4, 0.5) is 5.69 Å². The highest BCUT2D eigenvalue weighted by Gasteiger charge is 2.28. The molecule has 5 nitrogen and oxygen atoms in total. The number of hydrogen-bond acceptors (Lipinski definition) is 4. The van der Waals surface area contributed by atoms with Gasteiger partial charge in [-0.25, -0.2) is 0 Å². The van der Waals surface area contributed by atoms with Gasteiger partial charge in [-0.05, 0) is 56.3 Å². The zero-order valence-electron chi connectivity index (χ0n) is 16.3. The topological polar surface area (TPSA) is 61.4 Å². The maximum Gasteiger partial charge on any atom is 0.254 e. The lowest BCUT2D eigenvalue weighted by molar-refractivity contribution is -0.116. The SMILES string of the molecule is CC1NCCN(C(=O)c2cccc(NC(=O)CCCc3cccs3)c2)C1C.Cl. The molecule has 28 heavy (non-hydrogen) atoms. The number of carbonyl (C=O) groups is 2. The zero-order valence-corrected chi connectivity index (χ0v) is 17.9. The van der Waals surface area contributed by atoms with Gasteiger partial charge in [0.2, 0.25) is 5.91 Å². The highest BCUT2D eigenvalue weighted by atomic mass is 35.5. The van der Waals surface area contributed by atoms with Crippen molar-refractivity contribution in [2.24, 2.45) is 0 Å². The zero-order chi connectivity index (χ0) is 19.2. The van der Waals surface area contributed by atoms with Crippen LogP contribution in [0.5, 0.6) is 0 Å². The van der Waals surface area contributed by atoms with E-state index in [1.165, 1.54) is 4.88 Å². The average Bonchev–Trinajstić information content (AvgIpc) is 3.17. The van der Waals surface area contributed by atoms with Crippen molar-refractivity contribution in [1.29, 1.82) is 0 Å². The molecule has 1 aliphatic heterocycles. The van der Waals surface area contributed by atoms with Gasteiger partial charge in [0, 0.05) is 47.7 Å². The predicted molar refractivity (Wildman–Crippen MR) is 118 cm³/mol. The summed E-state index contributed by atoms with van der Waals surface area (Å²) in [5.41, 5.74) is 1.30. The Morgan fingerprint density at radius 2 is 2.07 bits per heavy atom. The summed E-state index contributed by atoms with van der Waals surface area (Å²) in [4.78, 5) is 28.3. The lowest BCUT2D eigenvalue weighted by atomic mass is 10.0. The van der Waals surface area contributed by atoms with E-state index in [9.17, 15) is 9.59 Å². The first-order valence-corrected chi connectivity index (χ1v) is 10.4. The molecule has 3 rings (SSSR count). The number of aryl methyl sites for hydroxylation is 1. The Morgan fingerprint density at radius 1 is 1.25 bits per heavy atom. The van der Waals surface area contributed by atoms with Crippen LogP contribution in [0.25, 0.3) is 0 Å². The van der Waals surface area contributed by atoms with Gasteiger partial charge >= 0.3 is 0 Å². The van der Waals surface area contributed by atoms with Crippen LogP contribution < -0.4 is 10.6 Å². The maximum absolute atomic E-state index is 12.9. The van der Waals surface area contributed by atoms with Gasteiger partial charge in [-0.3, -0.25) is 9.59 Å². The molecule has 1 aliphatic rings. The molecule has 0 radical (unpaired) electrons. The van der Waals surface area contributed by atoms with Crippen molar-refractivity contribution in [3.63, 3.8) is 0 Å². The van der Waals surface area contributed by atoms with Crippen molar-refractivity contribution in [2.45, 2.75) is 45.2 Å². The number of anilines is 1. The van der Waals surface area contributed by atoms with Crippen LogP contribution in [0.15, 0.2) is 41.8 Å². The van der Waals surface area contributed by atoms with Crippen molar-refractivity contribution in [2.75, 3.05) is 18.4 Å². The molecule has 0 aliphatic carbocycles. The van der Waals surface area contributed by atoms with E-state index in [1.54, 1.807) is 17.4 Å². The molecule has 1 fully saturated rings. The molecule has 152 valence electrons. The summed E-state index contributed by atoms with van der Waals surface area (Å²) < 4.78 is 0. The van der Waals surface area contributed by atoms with Gasteiger partial charge in [0.1, 0.15) is 0 Å². The number of thiophene rings is 1. The van der Waals surface area contributed by atoms with Crippen molar-refractivity contribution in [1.82, 2.24) is 10.2 Å². The molecule has 0 bridgehead atoms. The Hall–Kier alpha value is -1.89. The van der Waals surface area contributed by atoms with Crippen LogP contribution in [0.1, 0.15) is 41.9 Å². The smallest absolute Gasteiger partial charge is 0.254 e. The highest BCUT2D eigenvalue weighted by molar-refractivity contribution is 7.09. The van der Waals surface area contributed by atoms with Crippen molar-refractivity contribution >= 4 is 41.2 Å². The Bertz CT molecular complexity index is 782. The molecular formula is C21H28ClN3O2S. The maximum atomic E-state index is 12.9. The molecule has 1 aromatic carbocycles. The first kappa shape index (κ1) is 22.4. The molecular weight excluding hydrogens is 394 g/mol. The number of hydrogen-bond donors (Lipinski definition) is 2. The minimum atomic E-state index is -0.0136. The molecule has 7 heteroatoms. The van der Waals surface area contributed by atoms with E-state index >= 15 is 0 Å². The lowest BCUT2D eigenvalue weighted by Gasteiger charge is -2.38. The lowest BCUT2D eigenvalue weighted by Crippen LogP contribution is -2.57. The summed E-state index contributed by atoms with van der Waals surface area (Å²) in [5.74, 6) is 0.00459. The minimum absolute atomic E-state index is 0. The molecule has 2 amide bonds. The summed E-state index contributed by atoms with van der Waals surface area (Å²) in [6.45, 7) is 5.66. The quantitative estimate of drug-likeness (QED) is 0.742. The summed E-state index contributed by atoms with van der Waals surface area (Å²) in [7, 11) is 0. The molecule has 1 aromatic heterocycles. The van der Waals surface area contributed by atoms with E-state index in [2.05, 4.69) is 35.9 Å². The van der Waals surface area contributed by atoms with Crippen LogP contribution in [0.2, 0.25) is 0 Å². The summed E-state index contributed by atoms with van der Waals surface area (Å²) >= 11 is 1.72. The van der Waals surface area contributed by atoms with Crippen LogP contribution in [-0.2, 0) is 11.2 Å². The van der Waals surface area contributed by atoms with Crippen molar-refractivity contribution in [3.8, 4) is 0 Å². The molecule has 2 unspecified atom stereocenters. The van der Waals surface area contributed by atoms with Gasteiger partial charge in [-0.15, -0.1) is 23.7 Å². The molecule has 0 spiro atoms. The Balaban J connectivity index is 0.00000280. The van der Waals surface area contributed by atoms with Gasteiger partial charge in [-0.1, -0.05) is 12.1 Å². The van der Waals surface area contributed by atoms with Gasteiger partial charge < -0.3 is 15.5 Å². The van der Waals surface area contributed by atoms with E-state index in [-0.39, 0.29) is 36.3 Å². The van der Waals surface area contributed by atoms with E-state index in [0.29, 0.717) is 24.2 Å². The number of amides is 2. The first-order valence-electron chi connectivity index (χ1n) is 9.51. The van der Waals surface area contributed by atoms with Crippen molar-refractivity contribution in [3.05, 3.63) is 52.2 Å². The third-order valence-corrected chi connectivity index (χ3v) is 6.03. The predicted octanol–water partition coefficient (Wildman–Crippen LogP) is 3.95. The van der Waals surface area contributed by atoms with Gasteiger partial charge in [0.15, 0.2) is 0 Å². The van der Waals surface area contributed by atoms with Crippen LogP contribution >= 0.6 is 23.7 Å². The second kappa shape index (κ2) is 10.6. The number of piperazine rings is 1. The number of carbonyl (C=O) groups excluding carboxylic acids is 2. The average molecular weight is 422 g/mol. The first-order chi connectivity index (χ1) is 13.0. The van der Waals surface area contributed by atoms with E-state index < -0.39 is 0 Å². The third kappa shape index (κ3) is 5.80. The fourth-order valence-electron chi connectivity index (χ4n) is 3.34. The molecule has 2 aromatic rings. The number of nitrogens with one attached hydrogen (secondary N) is 2. The fraction of sp³-hybridized carbons (Fsp3) is 0.429. The van der Waals surface area contributed by atoms with Gasteiger partial charge in [-0.2, -0.15) is 0 Å². The number of halogens is 1. The molecule has 2 atom stereocenters. The number of nitrogens with zero attached hydrogens (tertiary/aromatic N) is 1. The third-order valence-electron chi connectivity index (χ3n) is 5.10. The summed E-state index contributed by atoms with van der Waals surface area (Å²) in [6, 6.07) is 11.8. The standard InChI is InChI=1S/C21H27N3O2S.ClH/c1-15-16(2)24(12-11-22-15)21(26)17-6-3-7-18(14-17)23-20(25)10-4-8-19-9-5-13-27-19;/h3,5-7,9,13-16,22H,4,8,10-12H2,1-2H3,(H,23,25);1H. The Kier molecular flexibility index (Phi) is 8.48. The molecule has 1 saturated heterocycles. The molecule has 0 saturated carbocycles. The fourth-order valence-corrected chi connectivity index (χ4v) is 4.09.